The minimum atomic E-state index is -1.05. The van der Waals surface area contributed by atoms with Crippen molar-refractivity contribution < 1.29 is 14.7 Å². The molecule has 1 aromatic heterocycles. The van der Waals surface area contributed by atoms with E-state index in [1.165, 1.54) is 12.3 Å². The largest absolute Gasteiger partial charge is 0.478 e. The lowest BCUT2D eigenvalue weighted by Gasteiger charge is -2.37. The third kappa shape index (κ3) is 3.93. The van der Waals surface area contributed by atoms with Crippen molar-refractivity contribution in [3.8, 4) is 0 Å². The average molecular weight is 354 g/mol. The van der Waals surface area contributed by atoms with Crippen LogP contribution in [-0.4, -0.2) is 48.1 Å². The number of amides is 1. The zero-order valence-corrected chi connectivity index (χ0v) is 14.7. The minimum Gasteiger partial charge on any atom is -0.478 e. The summed E-state index contributed by atoms with van der Waals surface area (Å²) in [6, 6.07) is 11.6. The van der Waals surface area contributed by atoms with Crippen molar-refractivity contribution in [3.05, 3.63) is 48.2 Å². The summed E-state index contributed by atoms with van der Waals surface area (Å²) in [6.45, 7) is 4.69. The summed E-state index contributed by atoms with van der Waals surface area (Å²) in [5.74, 6) is -0.780. The number of aromatic nitrogens is 1. The SMILES string of the molecule is CCC(=O)Nc1cnc(N2CCN(c3ccccc3)CC2)c(C(=O)O)c1. The van der Waals surface area contributed by atoms with Gasteiger partial charge in [-0.05, 0) is 18.2 Å². The standard InChI is InChI=1S/C19H22N4O3/c1-2-17(24)21-14-12-16(19(25)26)18(20-13-14)23-10-8-22(9-11-23)15-6-4-3-5-7-15/h3-7,12-13H,2,8-11H2,1H3,(H,21,24)(H,25,26). The van der Waals surface area contributed by atoms with Crippen LogP contribution in [0.15, 0.2) is 42.6 Å². The van der Waals surface area contributed by atoms with Gasteiger partial charge in [-0.15, -0.1) is 0 Å². The monoisotopic (exact) mass is 354 g/mol. The zero-order valence-electron chi connectivity index (χ0n) is 14.7. The molecule has 2 heterocycles. The van der Waals surface area contributed by atoms with E-state index in [4.69, 9.17) is 0 Å². The van der Waals surface area contributed by atoms with E-state index in [2.05, 4.69) is 27.3 Å². The fourth-order valence-electron chi connectivity index (χ4n) is 3.00. The van der Waals surface area contributed by atoms with Crippen LogP contribution in [0.5, 0.6) is 0 Å². The summed E-state index contributed by atoms with van der Waals surface area (Å²) in [5.41, 5.74) is 1.67. The second-order valence-electron chi connectivity index (χ2n) is 6.11. The van der Waals surface area contributed by atoms with Gasteiger partial charge in [0.2, 0.25) is 5.91 Å². The summed E-state index contributed by atoms with van der Waals surface area (Å²) >= 11 is 0. The van der Waals surface area contributed by atoms with Gasteiger partial charge in [-0.1, -0.05) is 25.1 Å². The van der Waals surface area contributed by atoms with Crippen LogP contribution >= 0.6 is 0 Å². The molecule has 0 aliphatic carbocycles. The first-order valence-corrected chi connectivity index (χ1v) is 8.66. The first-order chi connectivity index (χ1) is 12.6. The number of carbonyl (C=O) groups is 2. The predicted octanol–water partition coefficient (Wildman–Crippen LogP) is 2.45. The molecule has 0 atom stereocenters. The molecule has 0 radical (unpaired) electrons. The number of rotatable bonds is 5. The van der Waals surface area contributed by atoms with Crippen molar-refractivity contribution >= 4 is 29.1 Å². The van der Waals surface area contributed by atoms with E-state index in [1.807, 2.05) is 23.1 Å². The van der Waals surface area contributed by atoms with E-state index in [0.717, 1.165) is 18.8 Å². The fraction of sp³-hybridized carbons (Fsp3) is 0.316. The Morgan fingerprint density at radius 2 is 1.77 bits per heavy atom. The van der Waals surface area contributed by atoms with Gasteiger partial charge in [0.1, 0.15) is 11.4 Å². The van der Waals surface area contributed by atoms with E-state index in [0.29, 0.717) is 31.0 Å². The first kappa shape index (κ1) is 17.7. The van der Waals surface area contributed by atoms with E-state index >= 15 is 0 Å². The molecule has 0 bridgehead atoms. The molecular weight excluding hydrogens is 332 g/mol. The summed E-state index contributed by atoms with van der Waals surface area (Å²) in [4.78, 5) is 31.8. The number of nitrogens with zero attached hydrogens (tertiary/aromatic N) is 3. The van der Waals surface area contributed by atoms with E-state index < -0.39 is 5.97 Å². The maximum atomic E-state index is 11.7. The van der Waals surface area contributed by atoms with Crippen LogP contribution in [0.4, 0.5) is 17.2 Å². The summed E-state index contributed by atoms with van der Waals surface area (Å²) in [7, 11) is 0. The highest BCUT2D eigenvalue weighted by Gasteiger charge is 2.23. The quantitative estimate of drug-likeness (QED) is 0.858. The molecule has 1 aliphatic rings. The highest BCUT2D eigenvalue weighted by molar-refractivity contribution is 5.97. The van der Waals surface area contributed by atoms with Crippen molar-refractivity contribution in [1.82, 2.24) is 4.98 Å². The van der Waals surface area contributed by atoms with Gasteiger partial charge in [0, 0.05) is 38.3 Å². The van der Waals surface area contributed by atoms with Crippen LogP contribution in [0.1, 0.15) is 23.7 Å². The number of anilines is 3. The Labute approximate surface area is 152 Å². The first-order valence-electron chi connectivity index (χ1n) is 8.66. The Hall–Kier alpha value is -3.09. The molecule has 1 saturated heterocycles. The van der Waals surface area contributed by atoms with Crippen molar-refractivity contribution in [2.24, 2.45) is 0 Å². The third-order valence-corrected chi connectivity index (χ3v) is 4.40. The maximum Gasteiger partial charge on any atom is 0.339 e. The molecule has 26 heavy (non-hydrogen) atoms. The van der Waals surface area contributed by atoms with Crippen LogP contribution < -0.4 is 15.1 Å². The van der Waals surface area contributed by atoms with Gasteiger partial charge < -0.3 is 20.2 Å². The normalized spacial score (nSPS) is 14.2. The minimum absolute atomic E-state index is 0.104. The number of pyridine rings is 1. The van der Waals surface area contributed by atoms with Gasteiger partial charge >= 0.3 is 5.97 Å². The van der Waals surface area contributed by atoms with Crippen LogP contribution in [0.25, 0.3) is 0 Å². The molecule has 2 aromatic rings. The third-order valence-electron chi connectivity index (χ3n) is 4.40. The molecule has 136 valence electrons. The lowest BCUT2D eigenvalue weighted by molar-refractivity contribution is -0.115. The van der Waals surface area contributed by atoms with Gasteiger partial charge in [0.15, 0.2) is 0 Å². The van der Waals surface area contributed by atoms with Crippen molar-refractivity contribution in [1.29, 1.82) is 0 Å². The van der Waals surface area contributed by atoms with Crippen LogP contribution in [0.3, 0.4) is 0 Å². The molecule has 1 fully saturated rings. The van der Waals surface area contributed by atoms with Gasteiger partial charge in [0.25, 0.3) is 0 Å². The van der Waals surface area contributed by atoms with Crippen LogP contribution in [0.2, 0.25) is 0 Å². The Balaban J connectivity index is 1.75. The lowest BCUT2D eigenvalue weighted by atomic mass is 10.2. The molecule has 3 rings (SSSR count). The number of para-hydroxylation sites is 1. The average Bonchev–Trinajstić information content (AvgIpc) is 2.68. The molecule has 0 spiro atoms. The van der Waals surface area contributed by atoms with E-state index in [-0.39, 0.29) is 11.5 Å². The van der Waals surface area contributed by atoms with E-state index in [1.54, 1.807) is 6.92 Å². The Bertz CT molecular complexity index is 787. The topological polar surface area (TPSA) is 85.8 Å². The number of carboxylic acid groups (broad SMARTS) is 1. The van der Waals surface area contributed by atoms with Crippen LogP contribution in [0, 0.1) is 0 Å². The van der Waals surface area contributed by atoms with Crippen LogP contribution in [-0.2, 0) is 4.79 Å². The van der Waals surface area contributed by atoms with Gasteiger partial charge in [-0.2, -0.15) is 0 Å². The number of hydrogen-bond acceptors (Lipinski definition) is 5. The summed E-state index contributed by atoms with van der Waals surface area (Å²) in [6.07, 6.45) is 1.84. The molecule has 1 aliphatic heterocycles. The van der Waals surface area contributed by atoms with Gasteiger partial charge in [0.05, 0.1) is 11.9 Å². The van der Waals surface area contributed by atoms with E-state index in [9.17, 15) is 14.7 Å². The molecule has 0 saturated carbocycles. The van der Waals surface area contributed by atoms with Crippen molar-refractivity contribution in [2.45, 2.75) is 13.3 Å². The number of piperazine rings is 1. The smallest absolute Gasteiger partial charge is 0.339 e. The number of carbonyl (C=O) groups excluding carboxylic acids is 1. The highest BCUT2D eigenvalue weighted by Crippen LogP contribution is 2.24. The zero-order chi connectivity index (χ0) is 18.5. The maximum absolute atomic E-state index is 11.7. The van der Waals surface area contributed by atoms with Crippen molar-refractivity contribution in [2.75, 3.05) is 41.3 Å². The molecule has 7 nitrogen and oxygen atoms in total. The number of carboxylic acids is 1. The summed E-state index contributed by atoms with van der Waals surface area (Å²) in [5, 5.41) is 12.2. The number of nitrogens with one attached hydrogen (secondary N) is 1. The molecule has 7 heteroatoms. The van der Waals surface area contributed by atoms with Gasteiger partial charge in [-0.3, -0.25) is 4.79 Å². The lowest BCUT2D eigenvalue weighted by Crippen LogP contribution is -2.47. The molecular formula is C19H22N4O3. The Morgan fingerprint density at radius 1 is 1.12 bits per heavy atom. The molecule has 1 amide bonds. The fourth-order valence-corrected chi connectivity index (χ4v) is 3.00. The second kappa shape index (κ2) is 7.86. The van der Waals surface area contributed by atoms with Gasteiger partial charge in [-0.25, -0.2) is 9.78 Å². The highest BCUT2D eigenvalue weighted by atomic mass is 16.4. The Morgan fingerprint density at radius 3 is 2.38 bits per heavy atom. The number of aromatic carboxylic acids is 1. The molecule has 1 aromatic carbocycles. The molecule has 0 unspecified atom stereocenters. The Kier molecular flexibility index (Phi) is 5.36. The molecule has 2 N–H and O–H groups in total. The second-order valence-corrected chi connectivity index (χ2v) is 6.11. The number of hydrogen-bond donors (Lipinski definition) is 2. The summed E-state index contributed by atoms with van der Waals surface area (Å²) < 4.78 is 0. The van der Waals surface area contributed by atoms with Crippen molar-refractivity contribution in [3.63, 3.8) is 0 Å². The number of benzene rings is 1. The predicted molar refractivity (Wildman–Crippen MR) is 101 cm³/mol.